The van der Waals surface area contributed by atoms with E-state index in [0.29, 0.717) is 11.4 Å². The monoisotopic (exact) mass is 332 g/mol. The highest BCUT2D eigenvalue weighted by Crippen LogP contribution is 2.24. The van der Waals surface area contributed by atoms with Gasteiger partial charge in [-0.1, -0.05) is 39.2 Å². The van der Waals surface area contributed by atoms with Gasteiger partial charge in [0.25, 0.3) is 0 Å². The van der Waals surface area contributed by atoms with Crippen molar-refractivity contribution in [2.24, 2.45) is 11.8 Å². The summed E-state index contributed by atoms with van der Waals surface area (Å²) >= 11 is 0. The van der Waals surface area contributed by atoms with Crippen LogP contribution in [-0.4, -0.2) is 25.0 Å². The van der Waals surface area contributed by atoms with Gasteiger partial charge in [0, 0.05) is 17.7 Å². The standard InChI is InChI=1S/C19H28N2O3/c1-13(2)17(21-18(22)14-8-5-4-6-9-14)19(23)20-15-10-7-11-16(12-15)24-3/h7,10-14,17H,4-6,8-9H2,1-3H3,(H,20,23)(H,21,22). The first-order chi connectivity index (χ1) is 11.5. The lowest BCUT2D eigenvalue weighted by molar-refractivity contribution is -0.130. The molecule has 1 atom stereocenters. The predicted molar refractivity (Wildman–Crippen MR) is 95.0 cm³/mol. The van der Waals surface area contributed by atoms with Crippen LogP contribution in [0.5, 0.6) is 5.75 Å². The van der Waals surface area contributed by atoms with E-state index >= 15 is 0 Å². The maximum atomic E-state index is 12.6. The second kappa shape index (κ2) is 8.71. The Labute approximate surface area is 144 Å². The van der Waals surface area contributed by atoms with Crippen molar-refractivity contribution in [2.45, 2.75) is 52.0 Å². The van der Waals surface area contributed by atoms with E-state index in [2.05, 4.69) is 10.6 Å². The summed E-state index contributed by atoms with van der Waals surface area (Å²) < 4.78 is 5.17. The fourth-order valence-electron chi connectivity index (χ4n) is 3.09. The summed E-state index contributed by atoms with van der Waals surface area (Å²) in [6.07, 6.45) is 5.25. The van der Waals surface area contributed by atoms with Crippen LogP contribution >= 0.6 is 0 Å². The van der Waals surface area contributed by atoms with Crippen molar-refractivity contribution < 1.29 is 14.3 Å². The zero-order valence-corrected chi connectivity index (χ0v) is 14.8. The minimum atomic E-state index is -0.536. The number of hydrogen-bond acceptors (Lipinski definition) is 3. The van der Waals surface area contributed by atoms with E-state index in [1.807, 2.05) is 26.0 Å². The number of methoxy groups -OCH3 is 1. The number of carbonyl (C=O) groups is 2. The largest absolute Gasteiger partial charge is 0.497 e. The highest BCUT2D eigenvalue weighted by molar-refractivity contribution is 5.97. The van der Waals surface area contributed by atoms with Gasteiger partial charge in [-0.2, -0.15) is 0 Å². The molecule has 1 aromatic carbocycles. The van der Waals surface area contributed by atoms with E-state index in [4.69, 9.17) is 4.74 Å². The maximum Gasteiger partial charge on any atom is 0.247 e. The SMILES string of the molecule is COc1cccc(NC(=O)C(NC(=O)C2CCCCC2)C(C)C)c1. The molecule has 0 radical (unpaired) electrons. The summed E-state index contributed by atoms with van der Waals surface area (Å²) in [4.78, 5) is 25.1. The maximum absolute atomic E-state index is 12.6. The molecule has 0 aliphatic heterocycles. The number of anilines is 1. The summed E-state index contributed by atoms with van der Waals surface area (Å²) in [6, 6.07) is 6.67. The number of nitrogens with one attached hydrogen (secondary N) is 2. The molecule has 1 aromatic rings. The van der Waals surface area contributed by atoms with Crippen molar-refractivity contribution in [1.82, 2.24) is 5.32 Å². The molecular weight excluding hydrogens is 304 g/mol. The van der Waals surface area contributed by atoms with Crippen LogP contribution in [0.4, 0.5) is 5.69 Å². The third-order valence-corrected chi connectivity index (χ3v) is 4.56. The Morgan fingerprint density at radius 1 is 1.17 bits per heavy atom. The fraction of sp³-hybridized carbons (Fsp3) is 0.579. The zero-order valence-electron chi connectivity index (χ0n) is 14.8. The second-order valence-corrected chi connectivity index (χ2v) is 6.79. The van der Waals surface area contributed by atoms with E-state index in [-0.39, 0.29) is 23.7 Å². The third kappa shape index (κ3) is 4.98. The van der Waals surface area contributed by atoms with Gasteiger partial charge >= 0.3 is 0 Å². The van der Waals surface area contributed by atoms with Gasteiger partial charge in [0.2, 0.25) is 11.8 Å². The van der Waals surface area contributed by atoms with E-state index in [0.717, 1.165) is 25.7 Å². The van der Waals surface area contributed by atoms with E-state index in [9.17, 15) is 9.59 Å². The van der Waals surface area contributed by atoms with Crippen LogP contribution in [0, 0.1) is 11.8 Å². The number of benzene rings is 1. The van der Waals surface area contributed by atoms with Gasteiger partial charge in [-0.05, 0) is 30.9 Å². The molecule has 2 N–H and O–H groups in total. The van der Waals surface area contributed by atoms with E-state index in [1.54, 1.807) is 19.2 Å². The first-order valence-corrected chi connectivity index (χ1v) is 8.76. The second-order valence-electron chi connectivity index (χ2n) is 6.79. The summed E-state index contributed by atoms with van der Waals surface area (Å²) in [5.41, 5.74) is 0.664. The topological polar surface area (TPSA) is 67.4 Å². The molecule has 0 bridgehead atoms. The van der Waals surface area contributed by atoms with Crippen LogP contribution in [0.3, 0.4) is 0 Å². The highest BCUT2D eigenvalue weighted by atomic mass is 16.5. The molecule has 1 aliphatic rings. The smallest absolute Gasteiger partial charge is 0.247 e. The molecule has 1 aliphatic carbocycles. The summed E-state index contributed by atoms with van der Waals surface area (Å²) in [7, 11) is 1.59. The average molecular weight is 332 g/mol. The molecule has 0 aromatic heterocycles. The van der Waals surface area contributed by atoms with Crippen LogP contribution in [-0.2, 0) is 9.59 Å². The molecule has 0 saturated heterocycles. The molecule has 1 unspecified atom stereocenters. The molecule has 24 heavy (non-hydrogen) atoms. The summed E-state index contributed by atoms with van der Waals surface area (Å²) in [5.74, 6) is 0.560. The van der Waals surface area contributed by atoms with Gasteiger partial charge in [-0.25, -0.2) is 0 Å². The highest BCUT2D eigenvalue weighted by Gasteiger charge is 2.28. The number of rotatable bonds is 6. The molecule has 0 spiro atoms. The van der Waals surface area contributed by atoms with Crippen molar-refractivity contribution in [3.8, 4) is 5.75 Å². The molecule has 132 valence electrons. The number of ether oxygens (including phenoxy) is 1. The molecule has 2 amide bonds. The lowest BCUT2D eigenvalue weighted by Crippen LogP contribution is -2.49. The fourth-order valence-corrected chi connectivity index (χ4v) is 3.09. The van der Waals surface area contributed by atoms with Gasteiger partial charge in [0.1, 0.15) is 11.8 Å². The van der Waals surface area contributed by atoms with Crippen molar-refractivity contribution in [3.05, 3.63) is 24.3 Å². The first kappa shape index (κ1) is 18.3. The molecular formula is C19H28N2O3. The van der Waals surface area contributed by atoms with E-state index < -0.39 is 6.04 Å². The Hall–Kier alpha value is -2.04. The Morgan fingerprint density at radius 2 is 1.88 bits per heavy atom. The Bertz CT molecular complexity index is 565. The van der Waals surface area contributed by atoms with Crippen LogP contribution in [0.25, 0.3) is 0 Å². The Balaban J connectivity index is 2.00. The van der Waals surface area contributed by atoms with Crippen molar-refractivity contribution in [2.75, 3.05) is 12.4 Å². The van der Waals surface area contributed by atoms with Gasteiger partial charge in [-0.3, -0.25) is 9.59 Å². The average Bonchev–Trinajstić information content (AvgIpc) is 2.60. The first-order valence-electron chi connectivity index (χ1n) is 8.76. The van der Waals surface area contributed by atoms with Crippen LogP contribution in [0.1, 0.15) is 46.0 Å². The molecule has 1 saturated carbocycles. The number of hydrogen-bond donors (Lipinski definition) is 2. The quantitative estimate of drug-likeness (QED) is 0.839. The van der Waals surface area contributed by atoms with Gasteiger partial charge in [0.15, 0.2) is 0 Å². The van der Waals surface area contributed by atoms with Gasteiger partial charge < -0.3 is 15.4 Å². The summed E-state index contributed by atoms with van der Waals surface area (Å²) in [6.45, 7) is 3.88. The van der Waals surface area contributed by atoms with Gasteiger partial charge in [-0.15, -0.1) is 0 Å². The van der Waals surface area contributed by atoms with Crippen molar-refractivity contribution in [3.63, 3.8) is 0 Å². The number of carbonyl (C=O) groups excluding carboxylic acids is 2. The van der Waals surface area contributed by atoms with Crippen LogP contribution in [0.15, 0.2) is 24.3 Å². The molecule has 5 nitrogen and oxygen atoms in total. The lowest BCUT2D eigenvalue weighted by Gasteiger charge is -2.26. The number of amides is 2. The molecule has 0 heterocycles. The van der Waals surface area contributed by atoms with Crippen LogP contribution in [0.2, 0.25) is 0 Å². The normalized spacial score (nSPS) is 16.5. The lowest BCUT2D eigenvalue weighted by atomic mass is 9.88. The minimum absolute atomic E-state index is 0.00851. The van der Waals surface area contributed by atoms with Gasteiger partial charge in [0.05, 0.1) is 7.11 Å². The minimum Gasteiger partial charge on any atom is -0.497 e. The van der Waals surface area contributed by atoms with Crippen molar-refractivity contribution in [1.29, 1.82) is 0 Å². The third-order valence-electron chi connectivity index (χ3n) is 4.56. The zero-order chi connectivity index (χ0) is 17.5. The van der Waals surface area contributed by atoms with E-state index in [1.165, 1.54) is 6.42 Å². The summed E-state index contributed by atoms with van der Waals surface area (Å²) in [5, 5.41) is 5.83. The molecule has 2 rings (SSSR count). The van der Waals surface area contributed by atoms with Crippen LogP contribution < -0.4 is 15.4 Å². The molecule has 1 fully saturated rings. The Kier molecular flexibility index (Phi) is 6.64. The Morgan fingerprint density at radius 3 is 2.50 bits per heavy atom. The predicted octanol–water partition coefficient (Wildman–Crippen LogP) is 3.35. The molecule has 5 heteroatoms. The van der Waals surface area contributed by atoms with Crippen molar-refractivity contribution >= 4 is 17.5 Å².